The van der Waals surface area contributed by atoms with E-state index in [9.17, 15) is 0 Å². The van der Waals surface area contributed by atoms with Gasteiger partial charge in [-0.2, -0.15) is 0 Å². The number of hydrogen-bond acceptors (Lipinski definition) is 0. The molecule has 70 valence electrons. The maximum Gasteiger partial charge on any atom is -0.0360 e. The van der Waals surface area contributed by atoms with Gasteiger partial charge in [-0.3, -0.25) is 0 Å². The van der Waals surface area contributed by atoms with Crippen LogP contribution in [0.1, 0.15) is 55.4 Å². The summed E-state index contributed by atoms with van der Waals surface area (Å²) < 4.78 is 0. The van der Waals surface area contributed by atoms with Crippen LogP contribution in [0.15, 0.2) is 0 Å². The number of rotatable bonds is 0. The molecule has 0 heterocycles. The monoisotopic (exact) mass is 158 g/mol. The van der Waals surface area contributed by atoms with Crippen LogP contribution in [0, 0.1) is 17.3 Å². The Morgan fingerprint density at radius 3 is 0.818 bits per heavy atom. The molecule has 0 aromatic rings. The maximum absolute atomic E-state index is 2.26. The van der Waals surface area contributed by atoms with Gasteiger partial charge < -0.3 is 0 Å². The Kier molecular flexibility index (Phi) is 6.94. The van der Waals surface area contributed by atoms with Gasteiger partial charge in [-0.15, -0.1) is 0 Å². The molecular formula is C11H26. The number of hydrogen-bond donors (Lipinski definition) is 0. The van der Waals surface area contributed by atoms with Gasteiger partial charge in [0.15, 0.2) is 0 Å². The summed E-state index contributed by atoms with van der Waals surface area (Å²) in [6, 6.07) is 0. The van der Waals surface area contributed by atoms with Crippen molar-refractivity contribution in [3.05, 3.63) is 0 Å². The first kappa shape index (κ1) is 13.6. The summed E-state index contributed by atoms with van der Waals surface area (Å²) in [4.78, 5) is 0. The molecule has 0 spiro atoms. The third-order valence-corrected chi connectivity index (χ3v) is 1.73. The highest BCUT2D eigenvalue weighted by atomic mass is 14.2. The van der Waals surface area contributed by atoms with Crippen LogP contribution in [-0.4, -0.2) is 0 Å². The van der Waals surface area contributed by atoms with Gasteiger partial charge in [-0.1, -0.05) is 55.4 Å². The van der Waals surface area contributed by atoms with E-state index in [-0.39, 0.29) is 0 Å². The molecule has 0 aromatic carbocycles. The van der Waals surface area contributed by atoms with E-state index in [0.29, 0.717) is 5.41 Å². The lowest BCUT2D eigenvalue weighted by atomic mass is 9.84. The van der Waals surface area contributed by atoms with E-state index in [2.05, 4.69) is 55.4 Å². The molecular weight excluding hydrogens is 132 g/mol. The summed E-state index contributed by atoms with van der Waals surface area (Å²) in [5, 5.41) is 0. The highest BCUT2D eigenvalue weighted by molar-refractivity contribution is 4.64. The summed E-state index contributed by atoms with van der Waals surface area (Å²) >= 11 is 0. The molecule has 0 fully saturated rings. The summed E-state index contributed by atoms with van der Waals surface area (Å²) in [6.45, 7) is 17.8. The predicted molar refractivity (Wildman–Crippen MR) is 54.8 cm³/mol. The standard InChI is InChI=1S/C7H16.C4H10/c1-6(2)7(3,4)5;1-4(2)3/h6H,1-5H3;4H,1-3H3. The zero-order valence-corrected chi connectivity index (χ0v) is 9.65. The van der Waals surface area contributed by atoms with Crippen molar-refractivity contribution in [2.45, 2.75) is 55.4 Å². The lowest BCUT2D eigenvalue weighted by molar-refractivity contribution is 0.283. The molecule has 0 saturated carbocycles. The SMILES string of the molecule is CC(C)C.CC(C)C(C)(C)C. The Labute approximate surface area is 73.4 Å². The first-order valence-corrected chi connectivity index (χ1v) is 4.68. The van der Waals surface area contributed by atoms with Crippen molar-refractivity contribution in [2.75, 3.05) is 0 Å². The summed E-state index contributed by atoms with van der Waals surface area (Å²) in [6.07, 6.45) is 0. The molecule has 0 aliphatic carbocycles. The second kappa shape index (κ2) is 5.62. The van der Waals surface area contributed by atoms with E-state index in [1.807, 2.05) is 0 Å². The molecule has 0 rings (SSSR count). The van der Waals surface area contributed by atoms with Crippen molar-refractivity contribution in [3.8, 4) is 0 Å². The normalized spacial score (nSPS) is 11.5. The second-order valence-corrected chi connectivity index (χ2v) is 5.25. The lowest BCUT2D eigenvalue weighted by Gasteiger charge is -2.22. The van der Waals surface area contributed by atoms with Crippen LogP contribution < -0.4 is 0 Å². The minimum absolute atomic E-state index is 0.500. The molecule has 11 heavy (non-hydrogen) atoms. The van der Waals surface area contributed by atoms with Crippen LogP contribution in [0.3, 0.4) is 0 Å². The molecule has 0 aliphatic rings. The second-order valence-electron chi connectivity index (χ2n) is 5.25. The van der Waals surface area contributed by atoms with Crippen molar-refractivity contribution in [3.63, 3.8) is 0 Å². The first-order chi connectivity index (χ1) is 4.68. The first-order valence-electron chi connectivity index (χ1n) is 4.68. The fourth-order valence-corrected chi connectivity index (χ4v) is 0. The van der Waals surface area contributed by atoms with Crippen LogP contribution in [-0.2, 0) is 0 Å². The minimum atomic E-state index is 0.500. The Morgan fingerprint density at radius 2 is 0.818 bits per heavy atom. The average molecular weight is 158 g/mol. The largest absolute Gasteiger partial charge is 0.0630 e. The molecule has 0 radical (unpaired) electrons. The molecule has 0 atom stereocenters. The Bertz CT molecular complexity index is 69.8. The molecule has 0 nitrogen and oxygen atoms in total. The van der Waals surface area contributed by atoms with E-state index in [4.69, 9.17) is 0 Å². The van der Waals surface area contributed by atoms with Gasteiger partial charge in [0.05, 0.1) is 0 Å². The van der Waals surface area contributed by atoms with Gasteiger partial charge in [-0.25, -0.2) is 0 Å². The molecule has 0 bridgehead atoms. The Morgan fingerprint density at radius 1 is 0.727 bits per heavy atom. The van der Waals surface area contributed by atoms with Crippen LogP contribution >= 0.6 is 0 Å². The molecule has 0 saturated heterocycles. The molecule has 0 N–H and O–H groups in total. The van der Waals surface area contributed by atoms with E-state index in [0.717, 1.165) is 11.8 Å². The van der Waals surface area contributed by atoms with Gasteiger partial charge in [-0.05, 0) is 17.3 Å². The smallest absolute Gasteiger partial charge is 0.0360 e. The van der Waals surface area contributed by atoms with Gasteiger partial charge in [0.1, 0.15) is 0 Å². The molecule has 0 unspecified atom stereocenters. The lowest BCUT2D eigenvalue weighted by Crippen LogP contribution is -2.12. The van der Waals surface area contributed by atoms with Gasteiger partial charge in [0.2, 0.25) is 0 Å². The highest BCUT2D eigenvalue weighted by Crippen LogP contribution is 2.23. The van der Waals surface area contributed by atoms with E-state index < -0.39 is 0 Å². The quantitative estimate of drug-likeness (QED) is 0.491. The summed E-state index contributed by atoms with van der Waals surface area (Å²) in [5.41, 5.74) is 0.500. The van der Waals surface area contributed by atoms with E-state index in [1.54, 1.807) is 0 Å². The average Bonchev–Trinajstić information content (AvgIpc) is 1.59. The minimum Gasteiger partial charge on any atom is -0.0630 e. The fourth-order valence-electron chi connectivity index (χ4n) is 0. The summed E-state index contributed by atoms with van der Waals surface area (Å²) in [7, 11) is 0. The van der Waals surface area contributed by atoms with Gasteiger partial charge in [0, 0.05) is 0 Å². The molecule has 0 amide bonds. The zero-order chi connectivity index (χ0) is 9.65. The van der Waals surface area contributed by atoms with Crippen molar-refractivity contribution >= 4 is 0 Å². The van der Waals surface area contributed by atoms with E-state index in [1.165, 1.54) is 0 Å². The van der Waals surface area contributed by atoms with E-state index >= 15 is 0 Å². The van der Waals surface area contributed by atoms with Crippen LogP contribution in [0.5, 0.6) is 0 Å². The van der Waals surface area contributed by atoms with Crippen LogP contribution in [0.2, 0.25) is 0 Å². The van der Waals surface area contributed by atoms with Crippen LogP contribution in [0.25, 0.3) is 0 Å². The Hall–Kier alpha value is 0. The molecule has 0 heteroatoms. The Balaban J connectivity index is 0. The van der Waals surface area contributed by atoms with Crippen LogP contribution in [0.4, 0.5) is 0 Å². The zero-order valence-electron chi connectivity index (χ0n) is 9.65. The van der Waals surface area contributed by atoms with Crippen molar-refractivity contribution in [2.24, 2.45) is 17.3 Å². The third-order valence-electron chi connectivity index (χ3n) is 1.73. The topological polar surface area (TPSA) is 0 Å². The molecule has 0 aromatic heterocycles. The predicted octanol–water partition coefficient (Wildman–Crippen LogP) is 4.35. The molecule has 0 aliphatic heterocycles. The van der Waals surface area contributed by atoms with Gasteiger partial charge >= 0.3 is 0 Å². The van der Waals surface area contributed by atoms with Crippen molar-refractivity contribution < 1.29 is 0 Å². The maximum atomic E-state index is 2.26. The van der Waals surface area contributed by atoms with Crippen molar-refractivity contribution in [1.82, 2.24) is 0 Å². The van der Waals surface area contributed by atoms with Crippen molar-refractivity contribution in [1.29, 1.82) is 0 Å². The third kappa shape index (κ3) is 17.8. The van der Waals surface area contributed by atoms with Gasteiger partial charge in [0.25, 0.3) is 0 Å². The fraction of sp³-hybridized carbons (Fsp3) is 1.00. The highest BCUT2D eigenvalue weighted by Gasteiger charge is 2.13. The summed E-state index contributed by atoms with van der Waals surface area (Å²) in [5.74, 6) is 1.63.